The van der Waals surface area contributed by atoms with E-state index in [1.54, 1.807) is 7.11 Å². The fourth-order valence-corrected chi connectivity index (χ4v) is 1.69. The Labute approximate surface area is 104 Å². The lowest BCUT2D eigenvalue weighted by Crippen LogP contribution is -2.26. The topological polar surface area (TPSA) is 25.4 Å². The predicted molar refractivity (Wildman–Crippen MR) is 69.6 cm³/mol. The SMILES string of the molecule is C#CCN(CCCOC)Cc1cccc(C)n1. The number of hydrogen-bond acceptors (Lipinski definition) is 3. The lowest BCUT2D eigenvalue weighted by Gasteiger charge is -2.19. The Morgan fingerprint density at radius 1 is 1.47 bits per heavy atom. The van der Waals surface area contributed by atoms with E-state index in [4.69, 9.17) is 11.2 Å². The molecule has 0 aliphatic rings. The van der Waals surface area contributed by atoms with Crippen molar-refractivity contribution in [2.75, 3.05) is 26.8 Å². The zero-order valence-corrected chi connectivity index (χ0v) is 10.6. The highest BCUT2D eigenvalue weighted by atomic mass is 16.5. The zero-order chi connectivity index (χ0) is 12.5. The van der Waals surface area contributed by atoms with Crippen LogP contribution in [0.1, 0.15) is 17.8 Å². The molecule has 1 aromatic heterocycles. The molecule has 1 aromatic rings. The average Bonchev–Trinajstić information content (AvgIpc) is 2.29. The van der Waals surface area contributed by atoms with Gasteiger partial charge in [-0.3, -0.25) is 9.88 Å². The van der Waals surface area contributed by atoms with Gasteiger partial charge in [-0.2, -0.15) is 0 Å². The highest BCUT2D eigenvalue weighted by molar-refractivity contribution is 5.10. The van der Waals surface area contributed by atoms with E-state index in [1.807, 2.05) is 25.1 Å². The first-order valence-corrected chi connectivity index (χ1v) is 5.83. The molecular weight excluding hydrogens is 212 g/mol. The van der Waals surface area contributed by atoms with Crippen LogP contribution in [-0.2, 0) is 11.3 Å². The van der Waals surface area contributed by atoms with Crippen LogP contribution in [-0.4, -0.2) is 36.7 Å². The molecule has 0 bridgehead atoms. The van der Waals surface area contributed by atoms with E-state index in [-0.39, 0.29) is 0 Å². The highest BCUT2D eigenvalue weighted by Crippen LogP contribution is 2.03. The van der Waals surface area contributed by atoms with Gasteiger partial charge in [0.25, 0.3) is 0 Å². The summed E-state index contributed by atoms with van der Waals surface area (Å²) < 4.78 is 5.05. The van der Waals surface area contributed by atoms with Crippen molar-refractivity contribution in [1.29, 1.82) is 0 Å². The van der Waals surface area contributed by atoms with Gasteiger partial charge in [-0.1, -0.05) is 12.0 Å². The molecule has 0 fully saturated rings. The molecule has 0 aliphatic heterocycles. The number of aromatic nitrogens is 1. The van der Waals surface area contributed by atoms with Crippen molar-refractivity contribution in [3.63, 3.8) is 0 Å². The number of ether oxygens (including phenoxy) is 1. The van der Waals surface area contributed by atoms with Crippen molar-refractivity contribution in [3.8, 4) is 12.3 Å². The minimum absolute atomic E-state index is 0.652. The predicted octanol–water partition coefficient (Wildman–Crippen LogP) is 1.86. The van der Waals surface area contributed by atoms with Crippen LogP contribution in [0.3, 0.4) is 0 Å². The van der Waals surface area contributed by atoms with Crippen LogP contribution < -0.4 is 0 Å². The Balaban J connectivity index is 2.51. The van der Waals surface area contributed by atoms with Crippen LogP contribution >= 0.6 is 0 Å². The summed E-state index contributed by atoms with van der Waals surface area (Å²) in [6.07, 6.45) is 6.36. The van der Waals surface area contributed by atoms with Gasteiger partial charge in [0.2, 0.25) is 0 Å². The highest BCUT2D eigenvalue weighted by Gasteiger charge is 2.05. The molecule has 17 heavy (non-hydrogen) atoms. The van der Waals surface area contributed by atoms with Crippen LogP contribution in [0.15, 0.2) is 18.2 Å². The number of rotatable bonds is 7. The molecular formula is C14H20N2O. The van der Waals surface area contributed by atoms with Crippen LogP contribution in [0.2, 0.25) is 0 Å². The number of methoxy groups -OCH3 is 1. The Kier molecular flexibility index (Phi) is 6.31. The molecule has 0 N–H and O–H groups in total. The summed E-state index contributed by atoms with van der Waals surface area (Å²) in [5.41, 5.74) is 2.11. The van der Waals surface area contributed by atoms with Gasteiger partial charge in [0.15, 0.2) is 0 Å². The van der Waals surface area contributed by atoms with E-state index in [9.17, 15) is 0 Å². The van der Waals surface area contributed by atoms with Gasteiger partial charge in [-0.05, 0) is 25.5 Å². The molecule has 0 aliphatic carbocycles. The minimum Gasteiger partial charge on any atom is -0.385 e. The number of pyridine rings is 1. The number of hydrogen-bond donors (Lipinski definition) is 0. The quantitative estimate of drug-likeness (QED) is 0.530. The monoisotopic (exact) mass is 232 g/mol. The molecule has 92 valence electrons. The Hall–Kier alpha value is -1.37. The minimum atomic E-state index is 0.652. The lowest BCUT2D eigenvalue weighted by atomic mass is 10.3. The van der Waals surface area contributed by atoms with E-state index >= 15 is 0 Å². The molecule has 0 aromatic carbocycles. The standard InChI is InChI=1S/C14H20N2O/c1-4-9-16(10-6-11-17-3)12-14-8-5-7-13(2)15-14/h1,5,7-8H,6,9-12H2,2-3H3. The van der Waals surface area contributed by atoms with Gasteiger partial charge in [0, 0.05) is 32.5 Å². The molecule has 1 rings (SSSR count). The van der Waals surface area contributed by atoms with Crippen LogP contribution in [0.4, 0.5) is 0 Å². The van der Waals surface area contributed by atoms with Crippen molar-refractivity contribution in [3.05, 3.63) is 29.6 Å². The van der Waals surface area contributed by atoms with E-state index in [0.29, 0.717) is 6.54 Å². The first-order valence-electron chi connectivity index (χ1n) is 5.83. The summed E-state index contributed by atoms with van der Waals surface area (Å²) in [4.78, 5) is 6.69. The van der Waals surface area contributed by atoms with E-state index in [1.165, 1.54) is 0 Å². The third-order valence-electron chi connectivity index (χ3n) is 2.47. The van der Waals surface area contributed by atoms with Gasteiger partial charge < -0.3 is 4.74 Å². The van der Waals surface area contributed by atoms with Crippen molar-refractivity contribution >= 4 is 0 Å². The Bertz CT molecular complexity index is 371. The maximum absolute atomic E-state index is 5.37. The Morgan fingerprint density at radius 3 is 2.94 bits per heavy atom. The maximum Gasteiger partial charge on any atom is 0.0602 e. The van der Waals surface area contributed by atoms with Gasteiger partial charge in [-0.15, -0.1) is 6.42 Å². The molecule has 0 atom stereocenters. The molecule has 0 spiro atoms. The second kappa shape index (κ2) is 7.83. The van der Waals surface area contributed by atoms with Crippen molar-refractivity contribution < 1.29 is 4.74 Å². The summed E-state index contributed by atoms with van der Waals surface area (Å²) in [6, 6.07) is 6.06. The second-order valence-corrected chi connectivity index (χ2v) is 4.03. The van der Waals surface area contributed by atoms with Crippen molar-refractivity contribution in [2.45, 2.75) is 19.9 Å². The average molecular weight is 232 g/mol. The fourth-order valence-electron chi connectivity index (χ4n) is 1.69. The van der Waals surface area contributed by atoms with E-state index in [0.717, 1.165) is 37.5 Å². The van der Waals surface area contributed by atoms with Gasteiger partial charge in [-0.25, -0.2) is 0 Å². The summed E-state index contributed by atoms with van der Waals surface area (Å²) >= 11 is 0. The van der Waals surface area contributed by atoms with Crippen LogP contribution in [0, 0.1) is 19.3 Å². The zero-order valence-electron chi connectivity index (χ0n) is 10.6. The third-order valence-corrected chi connectivity index (χ3v) is 2.47. The molecule has 0 radical (unpaired) electrons. The smallest absolute Gasteiger partial charge is 0.0602 e. The van der Waals surface area contributed by atoms with Crippen LogP contribution in [0.25, 0.3) is 0 Å². The second-order valence-electron chi connectivity index (χ2n) is 4.03. The summed E-state index contributed by atoms with van der Waals surface area (Å²) in [5.74, 6) is 2.69. The van der Waals surface area contributed by atoms with Gasteiger partial charge in [0.05, 0.1) is 12.2 Å². The summed E-state index contributed by atoms with van der Waals surface area (Å²) in [7, 11) is 1.72. The summed E-state index contributed by atoms with van der Waals surface area (Å²) in [6.45, 7) is 5.16. The molecule has 0 saturated heterocycles. The molecule has 1 heterocycles. The Morgan fingerprint density at radius 2 is 2.29 bits per heavy atom. The van der Waals surface area contributed by atoms with Gasteiger partial charge in [0.1, 0.15) is 0 Å². The van der Waals surface area contributed by atoms with E-state index in [2.05, 4.69) is 15.8 Å². The van der Waals surface area contributed by atoms with Gasteiger partial charge >= 0.3 is 0 Å². The molecule has 0 saturated carbocycles. The molecule has 0 amide bonds. The summed E-state index contributed by atoms with van der Waals surface area (Å²) in [5, 5.41) is 0. The van der Waals surface area contributed by atoms with Crippen molar-refractivity contribution in [2.24, 2.45) is 0 Å². The maximum atomic E-state index is 5.37. The first-order chi connectivity index (χ1) is 8.26. The van der Waals surface area contributed by atoms with Crippen molar-refractivity contribution in [1.82, 2.24) is 9.88 Å². The number of terminal acetylenes is 1. The van der Waals surface area contributed by atoms with Crippen LogP contribution in [0.5, 0.6) is 0 Å². The third kappa shape index (κ3) is 5.48. The fraction of sp³-hybridized carbons (Fsp3) is 0.500. The normalized spacial score (nSPS) is 10.5. The number of aryl methyl sites for hydroxylation is 1. The largest absolute Gasteiger partial charge is 0.385 e. The van der Waals surface area contributed by atoms with E-state index < -0.39 is 0 Å². The lowest BCUT2D eigenvalue weighted by molar-refractivity contribution is 0.174. The molecule has 3 heteroatoms. The molecule has 0 unspecified atom stereocenters. The number of nitrogens with zero attached hydrogens (tertiary/aromatic N) is 2. The molecule has 3 nitrogen and oxygen atoms in total. The first kappa shape index (κ1) is 13.7.